The molecule has 0 bridgehead atoms. The maximum atomic E-state index is 9.34. The smallest absolute Gasteiger partial charge is 0.0936 e. The molecule has 2 N–H and O–H groups in total. The summed E-state index contributed by atoms with van der Waals surface area (Å²) in [5.41, 5.74) is 0.210. The fraction of sp³-hybridized carbons (Fsp3) is 1.00. The lowest BCUT2D eigenvalue weighted by molar-refractivity contribution is -0.103. The SMILES string of the molecule is CC(C)NCC1(CN2CC(C)OC(CO)C2)CCOC1. The Bertz CT molecular complexity index is 293. The number of aliphatic hydroxyl groups excluding tert-OH is 1. The van der Waals surface area contributed by atoms with Crippen LogP contribution in [0.5, 0.6) is 0 Å². The summed E-state index contributed by atoms with van der Waals surface area (Å²) in [6.45, 7) is 12.0. The van der Waals surface area contributed by atoms with Crippen LogP contribution in [0, 0.1) is 5.41 Å². The van der Waals surface area contributed by atoms with Crippen molar-refractivity contribution in [3.05, 3.63) is 0 Å². The van der Waals surface area contributed by atoms with Gasteiger partial charge in [-0.25, -0.2) is 0 Å². The predicted octanol–water partition coefficient (Wildman–Crippen LogP) is 0.473. The van der Waals surface area contributed by atoms with Crippen molar-refractivity contribution in [2.75, 3.05) is 46.0 Å². The van der Waals surface area contributed by atoms with Gasteiger partial charge in [-0.1, -0.05) is 13.8 Å². The van der Waals surface area contributed by atoms with E-state index in [2.05, 4.69) is 31.0 Å². The Labute approximate surface area is 122 Å². The predicted molar refractivity (Wildman–Crippen MR) is 78.9 cm³/mol. The summed E-state index contributed by atoms with van der Waals surface area (Å²) >= 11 is 0. The third-order valence-electron chi connectivity index (χ3n) is 4.23. The standard InChI is InChI=1S/C15H30N2O3/c1-12(2)16-9-15(4-5-19-11-15)10-17-6-13(3)20-14(7-17)8-18/h12-14,16,18H,4-11H2,1-3H3. The van der Waals surface area contributed by atoms with Gasteiger partial charge < -0.3 is 19.9 Å². The van der Waals surface area contributed by atoms with Gasteiger partial charge >= 0.3 is 0 Å². The quantitative estimate of drug-likeness (QED) is 0.743. The van der Waals surface area contributed by atoms with E-state index in [0.29, 0.717) is 6.04 Å². The number of aliphatic hydroxyl groups is 1. The van der Waals surface area contributed by atoms with Crippen molar-refractivity contribution in [3.63, 3.8) is 0 Å². The minimum absolute atomic E-state index is 0.0452. The molecule has 5 nitrogen and oxygen atoms in total. The molecular weight excluding hydrogens is 256 g/mol. The molecule has 0 aromatic rings. The Kier molecular flexibility index (Phi) is 5.81. The fourth-order valence-electron chi connectivity index (χ4n) is 3.24. The maximum Gasteiger partial charge on any atom is 0.0936 e. The molecule has 3 atom stereocenters. The molecule has 2 saturated heterocycles. The topological polar surface area (TPSA) is 54.0 Å². The van der Waals surface area contributed by atoms with Gasteiger partial charge in [0.15, 0.2) is 0 Å². The van der Waals surface area contributed by atoms with E-state index in [1.165, 1.54) is 0 Å². The van der Waals surface area contributed by atoms with Crippen molar-refractivity contribution in [1.82, 2.24) is 10.2 Å². The Balaban J connectivity index is 1.93. The molecule has 0 aliphatic carbocycles. The van der Waals surface area contributed by atoms with Crippen molar-refractivity contribution in [2.24, 2.45) is 5.41 Å². The van der Waals surface area contributed by atoms with Crippen LogP contribution >= 0.6 is 0 Å². The summed E-state index contributed by atoms with van der Waals surface area (Å²) in [7, 11) is 0. The van der Waals surface area contributed by atoms with Crippen LogP contribution in [0.15, 0.2) is 0 Å². The van der Waals surface area contributed by atoms with E-state index in [1.807, 2.05) is 0 Å². The lowest BCUT2D eigenvalue weighted by Gasteiger charge is -2.41. The highest BCUT2D eigenvalue weighted by Gasteiger charge is 2.38. The van der Waals surface area contributed by atoms with Crippen molar-refractivity contribution >= 4 is 0 Å². The first-order valence-electron chi connectivity index (χ1n) is 7.83. The molecule has 2 aliphatic heterocycles. The van der Waals surface area contributed by atoms with Crippen molar-refractivity contribution < 1.29 is 14.6 Å². The summed E-state index contributed by atoms with van der Waals surface area (Å²) < 4.78 is 11.4. The average Bonchev–Trinajstić information content (AvgIpc) is 2.84. The first kappa shape index (κ1) is 16.2. The van der Waals surface area contributed by atoms with Crippen molar-refractivity contribution in [2.45, 2.75) is 45.4 Å². The van der Waals surface area contributed by atoms with Crippen molar-refractivity contribution in [3.8, 4) is 0 Å². The largest absolute Gasteiger partial charge is 0.394 e. The highest BCUT2D eigenvalue weighted by molar-refractivity contribution is 4.90. The number of hydrogen-bond acceptors (Lipinski definition) is 5. The van der Waals surface area contributed by atoms with Crippen LogP contribution in [-0.2, 0) is 9.47 Å². The average molecular weight is 286 g/mol. The maximum absolute atomic E-state index is 9.34. The van der Waals surface area contributed by atoms with Gasteiger partial charge in [-0.15, -0.1) is 0 Å². The summed E-state index contributed by atoms with van der Waals surface area (Å²) in [6.07, 6.45) is 1.26. The molecule has 3 unspecified atom stereocenters. The minimum atomic E-state index is -0.0452. The van der Waals surface area contributed by atoms with Crippen LogP contribution in [0.1, 0.15) is 27.2 Å². The third-order valence-corrected chi connectivity index (χ3v) is 4.23. The summed E-state index contributed by atoms with van der Waals surface area (Å²) in [5, 5.41) is 12.9. The molecule has 2 rings (SSSR count). The van der Waals surface area contributed by atoms with Crippen LogP contribution in [0.2, 0.25) is 0 Å². The van der Waals surface area contributed by atoms with Gasteiger partial charge in [0.2, 0.25) is 0 Å². The van der Waals surface area contributed by atoms with E-state index >= 15 is 0 Å². The van der Waals surface area contributed by atoms with Crippen LogP contribution in [0.4, 0.5) is 0 Å². The van der Waals surface area contributed by atoms with E-state index < -0.39 is 0 Å². The van der Waals surface area contributed by atoms with Gasteiger partial charge in [0.05, 0.1) is 25.4 Å². The molecular formula is C15H30N2O3. The fourth-order valence-corrected chi connectivity index (χ4v) is 3.24. The van der Waals surface area contributed by atoms with Gasteiger partial charge in [0.1, 0.15) is 0 Å². The first-order chi connectivity index (χ1) is 9.53. The normalized spacial score (nSPS) is 35.9. The number of hydrogen-bond donors (Lipinski definition) is 2. The molecule has 0 amide bonds. The van der Waals surface area contributed by atoms with E-state index in [-0.39, 0.29) is 24.2 Å². The van der Waals surface area contributed by atoms with Crippen molar-refractivity contribution in [1.29, 1.82) is 0 Å². The molecule has 118 valence electrons. The number of ether oxygens (including phenoxy) is 2. The van der Waals surface area contributed by atoms with Gasteiger partial charge in [-0.3, -0.25) is 4.90 Å². The second kappa shape index (κ2) is 7.18. The molecule has 0 saturated carbocycles. The lowest BCUT2D eigenvalue weighted by Crippen LogP contribution is -2.53. The number of rotatable bonds is 6. The van der Waals surface area contributed by atoms with E-state index in [0.717, 1.165) is 45.8 Å². The third kappa shape index (κ3) is 4.40. The second-order valence-electron chi connectivity index (χ2n) is 6.78. The van der Waals surface area contributed by atoms with E-state index in [9.17, 15) is 5.11 Å². The molecule has 0 radical (unpaired) electrons. The zero-order valence-electron chi connectivity index (χ0n) is 13.1. The molecule has 0 aromatic heterocycles. The highest BCUT2D eigenvalue weighted by atomic mass is 16.5. The van der Waals surface area contributed by atoms with Gasteiger partial charge in [0, 0.05) is 44.2 Å². The number of morpholine rings is 1. The molecule has 2 aliphatic rings. The Hall–Kier alpha value is -0.200. The molecule has 20 heavy (non-hydrogen) atoms. The van der Waals surface area contributed by atoms with Gasteiger partial charge in [-0.2, -0.15) is 0 Å². The van der Waals surface area contributed by atoms with Gasteiger partial charge in [-0.05, 0) is 13.3 Å². The lowest BCUT2D eigenvalue weighted by atomic mass is 9.86. The summed E-state index contributed by atoms with van der Waals surface area (Å²) in [5.74, 6) is 0. The summed E-state index contributed by atoms with van der Waals surface area (Å²) in [6, 6.07) is 0.501. The first-order valence-corrected chi connectivity index (χ1v) is 7.83. The van der Waals surface area contributed by atoms with Crippen LogP contribution in [0.3, 0.4) is 0 Å². The molecule has 0 aromatic carbocycles. The minimum Gasteiger partial charge on any atom is -0.394 e. The summed E-state index contributed by atoms with van der Waals surface area (Å²) in [4.78, 5) is 2.44. The van der Waals surface area contributed by atoms with Gasteiger partial charge in [0.25, 0.3) is 0 Å². The molecule has 0 spiro atoms. The van der Waals surface area contributed by atoms with E-state index in [1.54, 1.807) is 0 Å². The Morgan fingerprint density at radius 2 is 2.20 bits per heavy atom. The number of nitrogens with zero attached hydrogens (tertiary/aromatic N) is 1. The van der Waals surface area contributed by atoms with Crippen LogP contribution in [-0.4, -0.2) is 74.3 Å². The molecule has 2 fully saturated rings. The molecule has 2 heterocycles. The van der Waals surface area contributed by atoms with E-state index in [4.69, 9.17) is 9.47 Å². The zero-order valence-corrected chi connectivity index (χ0v) is 13.1. The monoisotopic (exact) mass is 286 g/mol. The Morgan fingerprint density at radius 1 is 1.40 bits per heavy atom. The van der Waals surface area contributed by atoms with Crippen LogP contribution < -0.4 is 5.32 Å². The number of nitrogens with one attached hydrogen (secondary N) is 1. The van der Waals surface area contributed by atoms with Crippen LogP contribution in [0.25, 0.3) is 0 Å². The second-order valence-corrected chi connectivity index (χ2v) is 6.78. The zero-order chi connectivity index (χ0) is 14.6. The highest BCUT2D eigenvalue weighted by Crippen LogP contribution is 2.30. The Morgan fingerprint density at radius 3 is 2.80 bits per heavy atom. The molecule has 5 heteroatoms.